The zero-order chi connectivity index (χ0) is 17.9. The van der Waals surface area contributed by atoms with Crippen LogP contribution >= 0.6 is 23.8 Å². The first-order valence-electron chi connectivity index (χ1n) is 6.98. The lowest BCUT2D eigenvalue weighted by atomic mass is 10.1. The molecule has 0 aliphatic carbocycles. The third-order valence-electron chi connectivity index (χ3n) is 3.44. The highest BCUT2D eigenvalue weighted by Crippen LogP contribution is 2.20. The van der Waals surface area contributed by atoms with Crippen molar-refractivity contribution in [2.24, 2.45) is 0 Å². The van der Waals surface area contributed by atoms with E-state index in [1.807, 2.05) is 19.9 Å². The summed E-state index contributed by atoms with van der Waals surface area (Å²) in [6.45, 7) is 3.87. The Morgan fingerprint density at radius 1 is 1.08 bits per heavy atom. The summed E-state index contributed by atoms with van der Waals surface area (Å²) in [5.74, 6) is -1.75. The molecule has 0 aliphatic rings. The normalized spacial score (nSPS) is 10.1. The van der Waals surface area contributed by atoms with Crippen molar-refractivity contribution in [1.29, 1.82) is 0 Å². The number of amides is 1. The Hall–Kier alpha value is -2.44. The Labute approximate surface area is 149 Å². The van der Waals surface area contributed by atoms with Gasteiger partial charge in [0.15, 0.2) is 5.11 Å². The van der Waals surface area contributed by atoms with Crippen LogP contribution in [0.1, 0.15) is 31.8 Å². The number of aryl methyl sites for hydroxylation is 2. The molecule has 1 amide bonds. The second-order valence-corrected chi connectivity index (χ2v) is 6.00. The van der Waals surface area contributed by atoms with E-state index in [2.05, 4.69) is 10.6 Å². The van der Waals surface area contributed by atoms with E-state index < -0.39 is 5.97 Å². The Balaban J connectivity index is 2.07. The summed E-state index contributed by atoms with van der Waals surface area (Å²) < 4.78 is 0. The minimum Gasteiger partial charge on any atom is -0.545 e. The Morgan fingerprint density at radius 2 is 1.79 bits per heavy atom. The van der Waals surface area contributed by atoms with E-state index in [0.717, 1.165) is 11.1 Å². The molecular weight excluding hydrogens is 348 g/mol. The van der Waals surface area contributed by atoms with Crippen molar-refractivity contribution in [2.45, 2.75) is 13.8 Å². The van der Waals surface area contributed by atoms with Gasteiger partial charge in [0.05, 0.1) is 5.97 Å². The fourth-order valence-electron chi connectivity index (χ4n) is 1.98. The van der Waals surface area contributed by atoms with Crippen LogP contribution in [0, 0.1) is 13.8 Å². The van der Waals surface area contributed by atoms with Gasteiger partial charge in [-0.3, -0.25) is 10.1 Å². The number of carboxylic acid groups (broad SMARTS) is 1. The Bertz CT molecular complexity index is 837. The van der Waals surface area contributed by atoms with Gasteiger partial charge in [-0.1, -0.05) is 17.7 Å². The van der Waals surface area contributed by atoms with Crippen LogP contribution in [0.2, 0.25) is 5.02 Å². The molecule has 0 saturated carbocycles. The first kappa shape index (κ1) is 17.9. The molecule has 2 N–H and O–H groups in total. The monoisotopic (exact) mass is 361 g/mol. The maximum absolute atomic E-state index is 12.2. The van der Waals surface area contributed by atoms with E-state index in [4.69, 9.17) is 23.8 Å². The molecule has 24 heavy (non-hydrogen) atoms. The Kier molecular flexibility index (Phi) is 5.54. The number of aromatic carboxylic acids is 1. The molecule has 124 valence electrons. The molecule has 2 aromatic rings. The first-order chi connectivity index (χ1) is 11.3. The van der Waals surface area contributed by atoms with Crippen molar-refractivity contribution in [1.82, 2.24) is 5.32 Å². The zero-order valence-electron chi connectivity index (χ0n) is 13.0. The number of anilines is 1. The third-order valence-corrected chi connectivity index (χ3v) is 3.97. The molecular formula is C17H14ClN2O3S-. The van der Waals surface area contributed by atoms with Crippen molar-refractivity contribution in [2.75, 3.05) is 5.32 Å². The van der Waals surface area contributed by atoms with Gasteiger partial charge in [0.25, 0.3) is 5.91 Å². The van der Waals surface area contributed by atoms with Gasteiger partial charge in [-0.05, 0) is 67.5 Å². The van der Waals surface area contributed by atoms with Gasteiger partial charge in [-0.2, -0.15) is 0 Å². The number of thiocarbonyl (C=S) groups is 1. The summed E-state index contributed by atoms with van der Waals surface area (Å²) in [4.78, 5) is 23.1. The van der Waals surface area contributed by atoms with E-state index in [9.17, 15) is 14.7 Å². The number of halogens is 1. The highest BCUT2D eigenvalue weighted by atomic mass is 35.5. The van der Waals surface area contributed by atoms with Gasteiger partial charge < -0.3 is 15.2 Å². The highest BCUT2D eigenvalue weighted by molar-refractivity contribution is 7.80. The van der Waals surface area contributed by atoms with E-state index in [1.54, 1.807) is 18.2 Å². The van der Waals surface area contributed by atoms with Crippen LogP contribution in [-0.4, -0.2) is 17.0 Å². The summed E-state index contributed by atoms with van der Waals surface area (Å²) in [5, 5.41) is 16.3. The number of carboxylic acids is 1. The van der Waals surface area contributed by atoms with E-state index in [0.29, 0.717) is 11.3 Å². The van der Waals surface area contributed by atoms with Crippen LogP contribution in [0.3, 0.4) is 0 Å². The van der Waals surface area contributed by atoms with Crippen molar-refractivity contribution in [3.63, 3.8) is 0 Å². The SMILES string of the molecule is Cc1ccc(C(=O)NC(=S)Nc2ccc(Cl)c(C(=O)[O-])c2)cc1C. The number of rotatable bonds is 3. The molecule has 0 atom stereocenters. The lowest BCUT2D eigenvalue weighted by Crippen LogP contribution is -2.34. The molecule has 0 radical (unpaired) electrons. The number of carbonyl (C=O) groups excluding carboxylic acids is 2. The fraction of sp³-hybridized carbons (Fsp3) is 0.118. The maximum Gasteiger partial charge on any atom is 0.257 e. The molecule has 2 aromatic carbocycles. The van der Waals surface area contributed by atoms with E-state index in [-0.39, 0.29) is 21.6 Å². The van der Waals surface area contributed by atoms with Gasteiger partial charge in [0.1, 0.15) is 0 Å². The summed E-state index contributed by atoms with van der Waals surface area (Å²) >= 11 is 10.8. The topological polar surface area (TPSA) is 81.3 Å². The van der Waals surface area contributed by atoms with Crippen molar-refractivity contribution >= 4 is 46.5 Å². The molecule has 0 bridgehead atoms. The predicted molar refractivity (Wildman–Crippen MR) is 95.4 cm³/mol. The van der Waals surface area contributed by atoms with Crippen molar-refractivity contribution in [3.05, 3.63) is 63.7 Å². The lowest BCUT2D eigenvalue weighted by molar-refractivity contribution is -0.255. The molecule has 0 saturated heterocycles. The first-order valence-corrected chi connectivity index (χ1v) is 7.77. The summed E-state index contributed by atoms with van der Waals surface area (Å²) in [6, 6.07) is 9.56. The summed E-state index contributed by atoms with van der Waals surface area (Å²) in [7, 11) is 0. The van der Waals surface area contributed by atoms with Gasteiger partial charge in [-0.25, -0.2) is 0 Å². The summed E-state index contributed by atoms with van der Waals surface area (Å²) in [6.07, 6.45) is 0. The van der Waals surface area contributed by atoms with Crippen LogP contribution in [0.25, 0.3) is 0 Å². The fourth-order valence-corrected chi connectivity index (χ4v) is 2.38. The third kappa shape index (κ3) is 4.31. The molecule has 0 fully saturated rings. The molecule has 0 heterocycles. The van der Waals surface area contributed by atoms with Gasteiger partial charge in [-0.15, -0.1) is 0 Å². The number of hydrogen-bond acceptors (Lipinski definition) is 4. The quantitative estimate of drug-likeness (QED) is 0.821. The van der Waals surface area contributed by atoms with Crippen molar-refractivity contribution in [3.8, 4) is 0 Å². The lowest BCUT2D eigenvalue weighted by Gasteiger charge is -2.12. The largest absolute Gasteiger partial charge is 0.545 e. The van der Waals surface area contributed by atoms with Gasteiger partial charge in [0.2, 0.25) is 0 Å². The number of nitrogens with one attached hydrogen (secondary N) is 2. The second kappa shape index (κ2) is 7.42. The second-order valence-electron chi connectivity index (χ2n) is 5.19. The van der Waals surface area contributed by atoms with Crippen LogP contribution in [-0.2, 0) is 0 Å². The highest BCUT2D eigenvalue weighted by Gasteiger charge is 2.10. The predicted octanol–water partition coefficient (Wildman–Crippen LogP) is 2.45. The molecule has 2 rings (SSSR count). The average molecular weight is 362 g/mol. The molecule has 0 aliphatic heterocycles. The maximum atomic E-state index is 12.2. The van der Waals surface area contributed by atoms with Crippen LogP contribution in [0.4, 0.5) is 5.69 Å². The molecule has 0 aromatic heterocycles. The average Bonchev–Trinajstić information content (AvgIpc) is 2.51. The van der Waals surface area contributed by atoms with Crippen molar-refractivity contribution < 1.29 is 14.7 Å². The van der Waals surface area contributed by atoms with E-state index >= 15 is 0 Å². The molecule has 5 nitrogen and oxygen atoms in total. The zero-order valence-corrected chi connectivity index (χ0v) is 14.5. The molecule has 7 heteroatoms. The standard InChI is InChI=1S/C17H15ClN2O3S/c1-9-3-4-11(7-10(9)2)15(21)20-17(24)19-12-5-6-14(18)13(8-12)16(22)23/h3-8H,1-2H3,(H,22,23)(H2,19,20,21,24)/p-1. The smallest absolute Gasteiger partial charge is 0.257 e. The van der Waals surface area contributed by atoms with Crippen LogP contribution in [0.15, 0.2) is 36.4 Å². The Morgan fingerprint density at radius 3 is 2.42 bits per heavy atom. The van der Waals surface area contributed by atoms with Gasteiger partial charge >= 0.3 is 0 Å². The van der Waals surface area contributed by atoms with Crippen LogP contribution < -0.4 is 15.7 Å². The van der Waals surface area contributed by atoms with Gasteiger partial charge in [0, 0.05) is 21.8 Å². The van der Waals surface area contributed by atoms with Crippen LogP contribution in [0.5, 0.6) is 0 Å². The summed E-state index contributed by atoms with van der Waals surface area (Å²) in [5.41, 5.74) is 2.78. The minimum atomic E-state index is -1.39. The molecule has 0 spiro atoms. The number of carbonyl (C=O) groups is 2. The number of benzene rings is 2. The molecule has 0 unspecified atom stereocenters. The van der Waals surface area contributed by atoms with E-state index in [1.165, 1.54) is 12.1 Å². The number of hydrogen-bond donors (Lipinski definition) is 2. The minimum absolute atomic E-state index is 0.0462.